The first-order chi connectivity index (χ1) is 10.7. The summed E-state index contributed by atoms with van der Waals surface area (Å²) >= 11 is 11.6. The predicted octanol–water partition coefficient (Wildman–Crippen LogP) is 2.30. The topological polar surface area (TPSA) is 89.5 Å². The second-order valence-corrected chi connectivity index (χ2v) is 8.44. The molecular formula is C14H15Cl2NO5S. The third-order valence-corrected chi connectivity index (χ3v) is 5.57. The summed E-state index contributed by atoms with van der Waals surface area (Å²) in [5.41, 5.74) is 0.394. The van der Waals surface area contributed by atoms with Crippen molar-refractivity contribution < 1.29 is 22.7 Å². The van der Waals surface area contributed by atoms with Crippen molar-refractivity contribution in [2.45, 2.75) is 12.8 Å². The summed E-state index contributed by atoms with van der Waals surface area (Å²) in [6.07, 6.45) is 0.445. The van der Waals surface area contributed by atoms with E-state index < -0.39 is 28.3 Å². The number of halogens is 2. The fraction of sp³-hybridized carbons (Fsp3) is 0.429. The zero-order chi connectivity index (χ0) is 17.0. The SMILES string of the molecule is O=C(COC(=O)C[C@@H]1CCS(=O)(=O)C1)Nc1cc(Cl)cc(Cl)c1. The van der Waals surface area contributed by atoms with Gasteiger partial charge in [-0.1, -0.05) is 23.2 Å². The summed E-state index contributed by atoms with van der Waals surface area (Å²) in [6.45, 7) is -0.456. The first kappa shape index (κ1) is 18.0. The smallest absolute Gasteiger partial charge is 0.306 e. The fourth-order valence-electron chi connectivity index (χ4n) is 2.30. The van der Waals surface area contributed by atoms with Gasteiger partial charge in [0.15, 0.2) is 16.4 Å². The van der Waals surface area contributed by atoms with Crippen LogP contribution in [0.1, 0.15) is 12.8 Å². The quantitative estimate of drug-likeness (QED) is 0.792. The number of amides is 1. The first-order valence-corrected chi connectivity index (χ1v) is 9.43. The fourth-order valence-corrected chi connectivity index (χ4v) is 4.68. The average molecular weight is 380 g/mol. The molecule has 9 heteroatoms. The summed E-state index contributed by atoms with van der Waals surface area (Å²) in [4.78, 5) is 23.3. The molecule has 23 heavy (non-hydrogen) atoms. The number of ether oxygens (including phenoxy) is 1. The van der Waals surface area contributed by atoms with Crippen LogP contribution >= 0.6 is 23.2 Å². The maximum absolute atomic E-state index is 11.7. The molecule has 1 aliphatic heterocycles. The third-order valence-electron chi connectivity index (χ3n) is 3.29. The second kappa shape index (κ2) is 7.51. The van der Waals surface area contributed by atoms with Crippen LogP contribution in [0.15, 0.2) is 18.2 Å². The van der Waals surface area contributed by atoms with Crippen molar-refractivity contribution in [3.8, 4) is 0 Å². The highest BCUT2D eigenvalue weighted by molar-refractivity contribution is 7.91. The van der Waals surface area contributed by atoms with Crippen LogP contribution in [0.25, 0.3) is 0 Å². The van der Waals surface area contributed by atoms with Gasteiger partial charge in [-0.25, -0.2) is 8.42 Å². The standard InChI is InChI=1S/C14H15Cl2NO5S/c15-10-4-11(16)6-12(5-10)17-13(18)7-22-14(19)3-9-1-2-23(20,21)8-9/h4-6,9H,1-3,7-8H2,(H,17,18)/t9-/m0/s1. The van der Waals surface area contributed by atoms with Gasteiger partial charge in [0.05, 0.1) is 11.5 Å². The van der Waals surface area contributed by atoms with Crippen LogP contribution in [-0.4, -0.2) is 38.4 Å². The molecule has 1 amide bonds. The molecule has 1 aliphatic rings. The highest BCUT2D eigenvalue weighted by Crippen LogP contribution is 2.23. The zero-order valence-corrected chi connectivity index (χ0v) is 14.4. The highest BCUT2D eigenvalue weighted by atomic mass is 35.5. The highest BCUT2D eigenvalue weighted by Gasteiger charge is 2.29. The lowest BCUT2D eigenvalue weighted by Crippen LogP contribution is -2.22. The summed E-state index contributed by atoms with van der Waals surface area (Å²) in [5.74, 6) is -1.26. The van der Waals surface area contributed by atoms with E-state index in [4.69, 9.17) is 27.9 Å². The van der Waals surface area contributed by atoms with Gasteiger partial charge in [0.1, 0.15) is 0 Å². The molecule has 0 radical (unpaired) electrons. The maximum Gasteiger partial charge on any atom is 0.306 e. The Hall–Kier alpha value is -1.31. The van der Waals surface area contributed by atoms with E-state index in [1.54, 1.807) is 0 Å². The number of nitrogens with one attached hydrogen (secondary N) is 1. The van der Waals surface area contributed by atoms with E-state index in [1.165, 1.54) is 18.2 Å². The number of benzene rings is 1. The van der Waals surface area contributed by atoms with Crippen molar-refractivity contribution in [2.24, 2.45) is 5.92 Å². The minimum atomic E-state index is -3.03. The van der Waals surface area contributed by atoms with Gasteiger partial charge in [-0.3, -0.25) is 9.59 Å². The number of anilines is 1. The molecule has 1 aromatic rings. The zero-order valence-electron chi connectivity index (χ0n) is 12.1. The second-order valence-electron chi connectivity index (χ2n) is 5.34. The van der Waals surface area contributed by atoms with Crippen molar-refractivity contribution in [3.63, 3.8) is 0 Å². The number of carbonyl (C=O) groups excluding carboxylic acids is 2. The molecular weight excluding hydrogens is 365 g/mol. The predicted molar refractivity (Wildman–Crippen MR) is 87.4 cm³/mol. The number of hydrogen-bond donors (Lipinski definition) is 1. The largest absolute Gasteiger partial charge is 0.456 e. The molecule has 126 valence electrons. The van der Waals surface area contributed by atoms with E-state index in [0.717, 1.165) is 0 Å². The molecule has 0 saturated carbocycles. The molecule has 1 saturated heterocycles. The monoisotopic (exact) mass is 379 g/mol. The van der Waals surface area contributed by atoms with E-state index in [1.807, 2.05) is 0 Å². The minimum absolute atomic E-state index is 0.00446. The Labute approximate surface area is 144 Å². The van der Waals surface area contributed by atoms with Gasteiger partial charge in [0, 0.05) is 22.2 Å². The molecule has 1 atom stereocenters. The van der Waals surface area contributed by atoms with Crippen LogP contribution in [-0.2, 0) is 24.2 Å². The van der Waals surface area contributed by atoms with Crippen molar-refractivity contribution in [2.75, 3.05) is 23.4 Å². The molecule has 0 bridgehead atoms. The van der Waals surface area contributed by atoms with E-state index in [9.17, 15) is 18.0 Å². The lowest BCUT2D eigenvalue weighted by Gasteiger charge is -2.09. The number of esters is 1. The molecule has 6 nitrogen and oxygen atoms in total. The number of carbonyl (C=O) groups is 2. The van der Waals surface area contributed by atoms with Crippen LogP contribution < -0.4 is 5.32 Å². The Morgan fingerprint density at radius 2 is 1.87 bits per heavy atom. The molecule has 0 aromatic heterocycles. The molecule has 1 aromatic carbocycles. The van der Waals surface area contributed by atoms with Crippen LogP contribution in [0.5, 0.6) is 0 Å². The van der Waals surface area contributed by atoms with Gasteiger partial charge in [-0.15, -0.1) is 0 Å². The number of sulfone groups is 1. The molecule has 2 rings (SSSR count). The minimum Gasteiger partial charge on any atom is -0.456 e. The van der Waals surface area contributed by atoms with Crippen molar-refractivity contribution in [1.29, 1.82) is 0 Å². The molecule has 0 unspecified atom stereocenters. The van der Waals surface area contributed by atoms with Gasteiger partial charge in [0.2, 0.25) is 0 Å². The van der Waals surface area contributed by atoms with E-state index in [2.05, 4.69) is 5.32 Å². The van der Waals surface area contributed by atoms with Crippen LogP contribution in [0.3, 0.4) is 0 Å². The number of rotatable bonds is 5. The van der Waals surface area contributed by atoms with E-state index >= 15 is 0 Å². The van der Waals surface area contributed by atoms with E-state index in [0.29, 0.717) is 22.2 Å². The normalized spacial score (nSPS) is 19.3. The summed E-state index contributed by atoms with van der Waals surface area (Å²) in [6, 6.07) is 4.54. The van der Waals surface area contributed by atoms with Gasteiger partial charge in [-0.05, 0) is 30.5 Å². The lowest BCUT2D eigenvalue weighted by atomic mass is 10.1. The van der Waals surface area contributed by atoms with Crippen molar-refractivity contribution in [3.05, 3.63) is 28.2 Å². The Balaban J connectivity index is 1.76. The maximum atomic E-state index is 11.7. The summed E-state index contributed by atoms with van der Waals surface area (Å²) in [7, 11) is -3.03. The molecule has 1 fully saturated rings. The first-order valence-electron chi connectivity index (χ1n) is 6.85. The van der Waals surface area contributed by atoms with Crippen LogP contribution in [0.2, 0.25) is 10.0 Å². The molecule has 0 spiro atoms. The van der Waals surface area contributed by atoms with Crippen molar-refractivity contribution >= 4 is 50.6 Å². The van der Waals surface area contributed by atoms with Crippen LogP contribution in [0, 0.1) is 5.92 Å². The molecule has 1 heterocycles. The molecule has 0 aliphatic carbocycles. The van der Waals surface area contributed by atoms with Crippen LogP contribution in [0.4, 0.5) is 5.69 Å². The van der Waals surface area contributed by atoms with Gasteiger partial charge >= 0.3 is 5.97 Å². The Morgan fingerprint density at radius 1 is 1.22 bits per heavy atom. The Kier molecular flexibility index (Phi) is 5.89. The average Bonchev–Trinajstić information content (AvgIpc) is 2.74. The van der Waals surface area contributed by atoms with Gasteiger partial charge < -0.3 is 10.1 Å². The van der Waals surface area contributed by atoms with Crippen molar-refractivity contribution in [1.82, 2.24) is 0 Å². The van der Waals surface area contributed by atoms with Gasteiger partial charge in [-0.2, -0.15) is 0 Å². The summed E-state index contributed by atoms with van der Waals surface area (Å²) < 4.78 is 27.5. The lowest BCUT2D eigenvalue weighted by molar-refractivity contribution is -0.148. The third kappa shape index (κ3) is 6.01. The Morgan fingerprint density at radius 3 is 2.43 bits per heavy atom. The van der Waals surface area contributed by atoms with E-state index in [-0.39, 0.29) is 23.8 Å². The molecule has 1 N–H and O–H groups in total. The Bertz CT molecular complexity index is 700. The summed E-state index contributed by atoms with van der Waals surface area (Å²) in [5, 5.41) is 3.24. The number of hydrogen-bond acceptors (Lipinski definition) is 5. The van der Waals surface area contributed by atoms with Gasteiger partial charge in [0.25, 0.3) is 5.91 Å².